The van der Waals surface area contributed by atoms with Gasteiger partial charge < -0.3 is 4.42 Å². The van der Waals surface area contributed by atoms with E-state index in [2.05, 4.69) is 15.0 Å². The van der Waals surface area contributed by atoms with Crippen LogP contribution >= 0.6 is 0 Å². The average Bonchev–Trinajstić information content (AvgIpc) is 2.99. The zero-order chi connectivity index (χ0) is 14.1. The number of aromatic nitrogens is 3. The summed E-state index contributed by atoms with van der Waals surface area (Å²) in [6, 6.07) is 10.0. The molecule has 0 N–H and O–H groups in total. The quantitative estimate of drug-likeness (QED) is 0.720. The van der Waals surface area contributed by atoms with E-state index in [1.165, 1.54) is 0 Å². The van der Waals surface area contributed by atoms with Crippen molar-refractivity contribution in [1.29, 1.82) is 0 Å². The monoisotopic (exact) mass is 277 g/mol. The fourth-order valence-electron chi connectivity index (χ4n) is 2.85. The molecular formula is C17H15N3O. The molecule has 21 heavy (non-hydrogen) atoms. The van der Waals surface area contributed by atoms with Gasteiger partial charge in [0.1, 0.15) is 5.76 Å². The highest BCUT2D eigenvalue weighted by Crippen LogP contribution is 2.33. The first-order chi connectivity index (χ1) is 10.4. The second kappa shape index (κ2) is 5.13. The molecule has 1 aromatic carbocycles. The van der Waals surface area contributed by atoms with Gasteiger partial charge in [0.05, 0.1) is 11.4 Å². The first-order valence-electron chi connectivity index (χ1n) is 7.20. The minimum absolute atomic E-state index is 0.378. The largest absolute Gasteiger partial charge is 0.441 e. The molecule has 1 aliphatic rings. The normalized spacial score (nSPS) is 17.4. The molecule has 4 rings (SSSR count). The number of rotatable bonds is 2. The van der Waals surface area contributed by atoms with Crippen LogP contribution in [0.4, 0.5) is 0 Å². The topological polar surface area (TPSA) is 51.8 Å². The Kier molecular flexibility index (Phi) is 2.99. The highest BCUT2D eigenvalue weighted by Gasteiger charge is 2.26. The van der Waals surface area contributed by atoms with Gasteiger partial charge in [-0.15, -0.1) is 0 Å². The highest BCUT2D eigenvalue weighted by molar-refractivity contribution is 5.53. The maximum absolute atomic E-state index is 5.98. The van der Waals surface area contributed by atoms with E-state index < -0.39 is 0 Å². The zero-order valence-electron chi connectivity index (χ0n) is 11.6. The highest BCUT2D eigenvalue weighted by atomic mass is 16.4. The summed E-state index contributed by atoms with van der Waals surface area (Å²) in [5, 5.41) is 0. The van der Waals surface area contributed by atoms with Crippen molar-refractivity contribution in [3.8, 4) is 11.5 Å². The second-order valence-corrected chi connectivity index (χ2v) is 5.32. The van der Waals surface area contributed by atoms with Crippen LogP contribution in [-0.2, 0) is 12.8 Å². The lowest BCUT2D eigenvalue weighted by Crippen LogP contribution is -2.13. The van der Waals surface area contributed by atoms with Crippen molar-refractivity contribution in [1.82, 2.24) is 15.0 Å². The third kappa shape index (κ3) is 2.33. The maximum atomic E-state index is 5.98. The Morgan fingerprint density at radius 3 is 2.81 bits per heavy atom. The van der Waals surface area contributed by atoms with E-state index in [0.29, 0.717) is 5.92 Å². The number of oxazole rings is 1. The molecule has 4 heteroatoms. The number of fused-ring (bicyclic) bond motifs is 1. The van der Waals surface area contributed by atoms with E-state index in [-0.39, 0.29) is 0 Å². The molecule has 1 aliphatic carbocycles. The molecule has 2 heterocycles. The van der Waals surface area contributed by atoms with Crippen LogP contribution in [-0.4, -0.2) is 15.0 Å². The average molecular weight is 277 g/mol. The van der Waals surface area contributed by atoms with E-state index in [4.69, 9.17) is 4.42 Å². The summed E-state index contributed by atoms with van der Waals surface area (Å²) in [5.41, 5.74) is 3.16. The Morgan fingerprint density at radius 1 is 1.10 bits per heavy atom. The van der Waals surface area contributed by atoms with Crippen LogP contribution in [0.1, 0.15) is 29.5 Å². The third-order valence-corrected chi connectivity index (χ3v) is 3.96. The fourth-order valence-corrected chi connectivity index (χ4v) is 2.85. The summed E-state index contributed by atoms with van der Waals surface area (Å²) < 4.78 is 5.98. The first kappa shape index (κ1) is 12.3. The lowest BCUT2D eigenvalue weighted by atomic mass is 9.88. The van der Waals surface area contributed by atoms with Gasteiger partial charge in [-0.05, 0) is 25.0 Å². The first-order valence-corrected chi connectivity index (χ1v) is 7.20. The Hall–Kier alpha value is -2.49. The van der Waals surface area contributed by atoms with Gasteiger partial charge in [0.25, 0.3) is 0 Å². The Morgan fingerprint density at radius 2 is 2.00 bits per heavy atom. The van der Waals surface area contributed by atoms with Gasteiger partial charge in [0, 0.05) is 36.5 Å². The van der Waals surface area contributed by atoms with Gasteiger partial charge in [-0.2, -0.15) is 0 Å². The molecule has 0 saturated heterocycles. The summed E-state index contributed by atoms with van der Waals surface area (Å²) in [4.78, 5) is 13.2. The Labute approximate surface area is 122 Å². The maximum Gasteiger partial charge on any atom is 0.226 e. The molecule has 104 valence electrons. The van der Waals surface area contributed by atoms with Crippen LogP contribution in [0.5, 0.6) is 0 Å². The molecule has 4 nitrogen and oxygen atoms in total. The summed E-state index contributed by atoms with van der Waals surface area (Å²) in [6.45, 7) is 0. The Balaban J connectivity index is 1.63. The molecule has 0 spiro atoms. The molecule has 3 aromatic rings. The summed E-state index contributed by atoms with van der Waals surface area (Å²) in [5.74, 6) is 2.10. The van der Waals surface area contributed by atoms with Gasteiger partial charge in [-0.3, -0.25) is 9.97 Å². The summed E-state index contributed by atoms with van der Waals surface area (Å²) in [6.07, 6.45) is 8.15. The molecular weight excluding hydrogens is 262 g/mol. The van der Waals surface area contributed by atoms with Crippen LogP contribution < -0.4 is 0 Å². The number of hydrogen-bond acceptors (Lipinski definition) is 4. The predicted octanol–water partition coefficient (Wildman–Crippen LogP) is 3.40. The fraction of sp³-hybridized carbons (Fsp3) is 0.235. The lowest BCUT2D eigenvalue weighted by molar-refractivity contribution is 0.453. The van der Waals surface area contributed by atoms with Crippen LogP contribution in [0.3, 0.4) is 0 Å². The van der Waals surface area contributed by atoms with Crippen molar-refractivity contribution in [2.45, 2.75) is 25.2 Å². The van der Waals surface area contributed by atoms with Crippen LogP contribution in [0.15, 0.2) is 53.3 Å². The van der Waals surface area contributed by atoms with Crippen molar-refractivity contribution >= 4 is 0 Å². The van der Waals surface area contributed by atoms with E-state index in [9.17, 15) is 0 Å². The van der Waals surface area contributed by atoms with E-state index in [1.54, 1.807) is 12.4 Å². The van der Waals surface area contributed by atoms with E-state index in [1.807, 2.05) is 36.5 Å². The Bertz CT molecular complexity index is 737. The molecule has 0 bridgehead atoms. The molecule has 2 aromatic heterocycles. The third-order valence-electron chi connectivity index (χ3n) is 3.96. The minimum atomic E-state index is 0.378. The summed E-state index contributed by atoms with van der Waals surface area (Å²) in [7, 11) is 0. The van der Waals surface area contributed by atoms with Crippen LogP contribution in [0.25, 0.3) is 11.5 Å². The molecule has 0 aliphatic heterocycles. The van der Waals surface area contributed by atoms with Crippen LogP contribution in [0.2, 0.25) is 0 Å². The van der Waals surface area contributed by atoms with Gasteiger partial charge in [0.15, 0.2) is 0 Å². The van der Waals surface area contributed by atoms with Gasteiger partial charge >= 0.3 is 0 Å². The lowest BCUT2D eigenvalue weighted by Gasteiger charge is -2.18. The van der Waals surface area contributed by atoms with Crippen molar-refractivity contribution in [2.24, 2.45) is 0 Å². The smallest absolute Gasteiger partial charge is 0.226 e. The van der Waals surface area contributed by atoms with Crippen LogP contribution in [0, 0.1) is 0 Å². The molecule has 1 atom stereocenters. The van der Waals surface area contributed by atoms with E-state index in [0.717, 1.165) is 47.9 Å². The van der Waals surface area contributed by atoms with Crippen molar-refractivity contribution in [3.63, 3.8) is 0 Å². The predicted molar refractivity (Wildman–Crippen MR) is 78.7 cm³/mol. The number of aryl methyl sites for hydroxylation is 1. The molecule has 1 unspecified atom stereocenters. The van der Waals surface area contributed by atoms with Gasteiger partial charge in [-0.25, -0.2) is 4.98 Å². The van der Waals surface area contributed by atoms with E-state index >= 15 is 0 Å². The molecule has 0 amide bonds. The standard InChI is InChI=1S/C17H15N3O/c1-2-4-12(5-3-1)17-20-14-7-6-13(10-16(14)21-17)15-11-18-8-9-19-15/h1-5,8-9,11,13H,6-7,10H2. The van der Waals surface area contributed by atoms with Gasteiger partial charge in [-0.1, -0.05) is 18.2 Å². The SMILES string of the molecule is c1ccc(-c2nc3c(o2)CC(c2cnccn2)CC3)cc1. The molecule has 0 fully saturated rings. The second-order valence-electron chi connectivity index (χ2n) is 5.32. The van der Waals surface area contributed by atoms with Crippen molar-refractivity contribution in [2.75, 3.05) is 0 Å². The number of nitrogens with zero attached hydrogens (tertiary/aromatic N) is 3. The number of benzene rings is 1. The van der Waals surface area contributed by atoms with Crippen molar-refractivity contribution in [3.05, 3.63) is 66.1 Å². The number of hydrogen-bond donors (Lipinski definition) is 0. The van der Waals surface area contributed by atoms with Crippen molar-refractivity contribution < 1.29 is 4.42 Å². The minimum Gasteiger partial charge on any atom is -0.441 e. The zero-order valence-corrected chi connectivity index (χ0v) is 11.6. The summed E-state index contributed by atoms with van der Waals surface area (Å²) >= 11 is 0. The van der Waals surface area contributed by atoms with Gasteiger partial charge in [0.2, 0.25) is 5.89 Å². The molecule has 0 saturated carbocycles. The molecule has 0 radical (unpaired) electrons.